The van der Waals surface area contributed by atoms with Gasteiger partial charge in [-0.1, -0.05) is 11.9 Å². The molecule has 0 radical (unpaired) electrons. The van der Waals surface area contributed by atoms with Gasteiger partial charge in [0, 0.05) is 38.5 Å². The molecule has 66 valence electrons. The monoisotopic (exact) mass is 175 g/mol. The minimum Gasteiger partial charge on any atom is -0.304 e. The second-order valence-corrected chi connectivity index (χ2v) is 3.76. The van der Waals surface area contributed by atoms with Crippen molar-refractivity contribution in [2.24, 2.45) is 5.14 Å². The van der Waals surface area contributed by atoms with E-state index < -0.39 is 0 Å². The molecule has 0 unspecified atom stereocenters. The Hall–Kier alpha value is 0.230. The van der Waals surface area contributed by atoms with Crippen LogP contribution in [-0.2, 0) is 0 Å². The first kappa shape index (κ1) is 9.32. The summed E-state index contributed by atoms with van der Waals surface area (Å²) < 4.78 is 0. The van der Waals surface area contributed by atoms with Gasteiger partial charge in [0.2, 0.25) is 0 Å². The lowest BCUT2D eigenvalue weighted by Crippen LogP contribution is -2.45. The summed E-state index contributed by atoms with van der Waals surface area (Å²) in [5, 5.41) is 5.35. The number of nitrogens with two attached hydrogens (primary N) is 1. The van der Waals surface area contributed by atoms with Crippen molar-refractivity contribution in [1.29, 1.82) is 0 Å². The maximum atomic E-state index is 5.35. The number of nitrogens with zero attached hydrogens (tertiary/aromatic N) is 2. The van der Waals surface area contributed by atoms with Crippen molar-refractivity contribution < 1.29 is 0 Å². The Kier molecular flexibility index (Phi) is 4.22. The fourth-order valence-corrected chi connectivity index (χ4v) is 1.62. The van der Waals surface area contributed by atoms with E-state index in [0.717, 1.165) is 12.3 Å². The Balaban J connectivity index is 2.07. The van der Waals surface area contributed by atoms with Crippen LogP contribution in [0.2, 0.25) is 0 Å². The fourth-order valence-electron chi connectivity index (χ4n) is 1.25. The first-order valence-electron chi connectivity index (χ1n) is 4.05. The van der Waals surface area contributed by atoms with Crippen LogP contribution in [0, 0.1) is 0 Å². The van der Waals surface area contributed by atoms with Crippen LogP contribution in [0.25, 0.3) is 0 Å². The van der Waals surface area contributed by atoms with Gasteiger partial charge in [0.15, 0.2) is 0 Å². The lowest BCUT2D eigenvalue weighted by molar-refractivity contribution is 0.161. The predicted molar refractivity (Wildman–Crippen MR) is 50.6 cm³/mol. The molecule has 0 aromatic rings. The maximum Gasteiger partial charge on any atom is 0.0204 e. The van der Waals surface area contributed by atoms with Gasteiger partial charge in [-0.3, -0.25) is 10.0 Å². The molecule has 1 aliphatic rings. The SMILES string of the molecule is CN1CCN(CCSN)CC1. The zero-order valence-electron chi connectivity index (χ0n) is 7.12. The Morgan fingerprint density at radius 2 is 1.91 bits per heavy atom. The third-order valence-electron chi connectivity index (χ3n) is 2.12. The maximum absolute atomic E-state index is 5.35. The summed E-state index contributed by atoms with van der Waals surface area (Å²) in [5.41, 5.74) is 0. The quantitative estimate of drug-likeness (QED) is 0.604. The van der Waals surface area contributed by atoms with Crippen molar-refractivity contribution in [2.45, 2.75) is 0 Å². The zero-order chi connectivity index (χ0) is 8.10. The third kappa shape index (κ3) is 3.42. The standard InChI is InChI=1S/C7H17N3S/c1-9-2-4-10(5-3-9)6-7-11-8/h2-8H2,1H3. The van der Waals surface area contributed by atoms with Crippen LogP contribution in [0.5, 0.6) is 0 Å². The molecule has 1 rings (SSSR count). The summed E-state index contributed by atoms with van der Waals surface area (Å²) in [6.45, 7) is 5.97. The summed E-state index contributed by atoms with van der Waals surface area (Å²) in [7, 11) is 2.18. The van der Waals surface area contributed by atoms with Gasteiger partial charge in [-0.05, 0) is 7.05 Å². The van der Waals surface area contributed by atoms with Gasteiger partial charge >= 0.3 is 0 Å². The molecule has 0 aliphatic carbocycles. The molecule has 3 nitrogen and oxygen atoms in total. The molecule has 1 fully saturated rings. The second kappa shape index (κ2) is 4.98. The predicted octanol–water partition coefficient (Wildman–Crippen LogP) is -0.159. The van der Waals surface area contributed by atoms with Crippen LogP contribution in [0.15, 0.2) is 0 Å². The highest BCUT2D eigenvalue weighted by Gasteiger charge is 2.12. The first-order chi connectivity index (χ1) is 5.33. The molecule has 0 saturated carbocycles. The molecule has 1 heterocycles. The van der Waals surface area contributed by atoms with Crippen LogP contribution in [0.1, 0.15) is 0 Å². The Bertz CT molecular complexity index is 99.1. The lowest BCUT2D eigenvalue weighted by Gasteiger charge is -2.31. The van der Waals surface area contributed by atoms with Gasteiger partial charge in [0.25, 0.3) is 0 Å². The summed E-state index contributed by atoms with van der Waals surface area (Å²) >= 11 is 1.44. The van der Waals surface area contributed by atoms with Gasteiger partial charge in [-0.2, -0.15) is 0 Å². The number of rotatable bonds is 3. The molecule has 1 aliphatic heterocycles. The lowest BCUT2D eigenvalue weighted by atomic mass is 10.3. The summed E-state index contributed by atoms with van der Waals surface area (Å²) in [6.07, 6.45) is 0. The molecule has 0 aromatic heterocycles. The van der Waals surface area contributed by atoms with E-state index in [4.69, 9.17) is 5.14 Å². The molecule has 2 N–H and O–H groups in total. The molecule has 0 bridgehead atoms. The number of hydrogen-bond donors (Lipinski definition) is 1. The minimum absolute atomic E-state index is 1.06. The highest BCUT2D eigenvalue weighted by atomic mass is 32.2. The van der Waals surface area contributed by atoms with Crippen molar-refractivity contribution in [3.8, 4) is 0 Å². The molecular weight excluding hydrogens is 158 g/mol. The van der Waals surface area contributed by atoms with Gasteiger partial charge < -0.3 is 4.90 Å². The van der Waals surface area contributed by atoms with Crippen LogP contribution in [0.3, 0.4) is 0 Å². The van der Waals surface area contributed by atoms with Crippen molar-refractivity contribution in [3.63, 3.8) is 0 Å². The second-order valence-electron chi connectivity index (χ2n) is 3.02. The van der Waals surface area contributed by atoms with E-state index in [1.54, 1.807) is 0 Å². The van der Waals surface area contributed by atoms with Crippen molar-refractivity contribution in [1.82, 2.24) is 9.80 Å². The van der Waals surface area contributed by atoms with E-state index >= 15 is 0 Å². The topological polar surface area (TPSA) is 32.5 Å². The molecule has 0 aromatic carbocycles. The Morgan fingerprint density at radius 1 is 1.27 bits per heavy atom. The summed E-state index contributed by atoms with van der Waals surface area (Å²) in [4.78, 5) is 4.84. The van der Waals surface area contributed by atoms with E-state index in [1.165, 1.54) is 38.1 Å². The Labute approximate surface area is 73.0 Å². The molecular formula is C7H17N3S. The first-order valence-corrected chi connectivity index (χ1v) is 5.10. The normalized spacial score (nSPS) is 22.4. The molecule has 4 heteroatoms. The largest absolute Gasteiger partial charge is 0.304 e. The molecule has 0 spiro atoms. The van der Waals surface area contributed by atoms with Gasteiger partial charge in [-0.15, -0.1) is 0 Å². The average molecular weight is 175 g/mol. The molecule has 0 atom stereocenters. The van der Waals surface area contributed by atoms with Crippen molar-refractivity contribution >= 4 is 11.9 Å². The van der Waals surface area contributed by atoms with Crippen molar-refractivity contribution in [2.75, 3.05) is 45.5 Å². The molecule has 1 saturated heterocycles. The number of piperazine rings is 1. The highest BCUT2D eigenvalue weighted by Crippen LogP contribution is 1.99. The molecule has 11 heavy (non-hydrogen) atoms. The molecule has 0 amide bonds. The average Bonchev–Trinajstić information content (AvgIpc) is 2.04. The van der Waals surface area contributed by atoms with Crippen LogP contribution in [-0.4, -0.2) is 55.3 Å². The summed E-state index contributed by atoms with van der Waals surface area (Å²) in [5.74, 6) is 1.06. The fraction of sp³-hybridized carbons (Fsp3) is 1.00. The van der Waals surface area contributed by atoms with E-state index in [-0.39, 0.29) is 0 Å². The van der Waals surface area contributed by atoms with Gasteiger partial charge in [0.1, 0.15) is 0 Å². The Morgan fingerprint density at radius 3 is 2.45 bits per heavy atom. The number of likely N-dealkylation sites (N-methyl/N-ethyl adjacent to an activating group) is 1. The van der Waals surface area contributed by atoms with Gasteiger partial charge in [-0.25, -0.2) is 0 Å². The van der Waals surface area contributed by atoms with Crippen LogP contribution in [0.4, 0.5) is 0 Å². The highest BCUT2D eigenvalue weighted by molar-refractivity contribution is 7.97. The van der Waals surface area contributed by atoms with Crippen LogP contribution < -0.4 is 5.14 Å². The number of hydrogen-bond acceptors (Lipinski definition) is 4. The van der Waals surface area contributed by atoms with Crippen LogP contribution >= 0.6 is 11.9 Å². The van der Waals surface area contributed by atoms with Crippen molar-refractivity contribution in [3.05, 3.63) is 0 Å². The summed E-state index contributed by atoms with van der Waals surface area (Å²) in [6, 6.07) is 0. The van der Waals surface area contributed by atoms with E-state index in [1.807, 2.05) is 0 Å². The van der Waals surface area contributed by atoms with E-state index in [9.17, 15) is 0 Å². The van der Waals surface area contributed by atoms with E-state index in [0.29, 0.717) is 0 Å². The van der Waals surface area contributed by atoms with Gasteiger partial charge in [0.05, 0.1) is 0 Å². The minimum atomic E-state index is 1.06. The van der Waals surface area contributed by atoms with E-state index in [2.05, 4.69) is 16.8 Å². The zero-order valence-corrected chi connectivity index (χ0v) is 7.94. The smallest absolute Gasteiger partial charge is 0.0204 e. The third-order valence-corrected chi connectivity index (χ3v) is 2.54.